The largest absolute Gasteiger partial charge is 0.372 e. The molecule has 2 aromatic carbocycles. The molecular formula is C48H61N15O5. The van der Waals surface area contributed by atoms with E-state index in [1.54, 1.807) is 48.0 Å². The number of para-hydroxylation sites is 1. The first kappa shape index (κ1) is 47.5. The van der Waals surface area contributed by atoms with Gasteiger partial charge in [-0.2, -0.15) is 10.5 Å². The third-order valence-electron chi connectivity index (χ3n) is 13.4. The maximum absolute atomic E-state index is 15.6. The average molecular weight is 928 g/mol. The van der Waals surface area contributed by atoms with Crippen LogP contribution in [-0.2, 0) is 27.2 Å². The van der Waals surface area contributed by atoms with Gasteiger partial charge in [0.2, 0.25) is 0 Å². The molecule has 0 spiro atoms. The van der Waals surface area contributed by atoms with Gasteiger partial charge in [0.1, 0.15) is 17.9 Å². The smallest absolute Gasteiger partial charge is 0.332 e. The van der Waals surface area contributed by atoms with E-state index in [9.17, 15) is 20.1 Å². The number of nitrogens with two attached hydrogens (primary N) is 2. The number of allylic oxidation sites excluding steroid dienone is 1. The van der Waals surface area contributed by atoms with Crippen LogP contribution in [0.4, 0.5) is 28.7 Å². The lowest BCUT2D eigenvalue weighted by atomic mass is 10.1. The maximum Gasteiger partial charge on any atom is 0.332 e. The van der Waals surface area contributed by atoms with E-state index in [2.05, 4.69) is 21.2 Å². The van der Waals surface area contributed by atoms with Gasteiger partial charge < -0.3 is 26.6 Å². The first-order valence-corrected chi connectivity index (χ1v) is 23.2. The number of nitrogens with zero attached hydrogens (tertiary/aromatic N) is 12. The highest BCUT2D eigenvalue weighted by Gasteiger charge is 2.55. The number of aromatic nitrogens is 4. The lowest BCUT2D eigenvalue weighted by Crippen LogP contribution is -2.69. The average Bonchev–Trinajstić information content (AvgIpc) is 3.83. The summed E-state index contributed by atoms with van der Waals surface area (Å²) >= 11 is 0. The fraction of sp³-hybridized carbons (Fsp3) is 0.479. The molecule has 8 rings (SSSR count). The van der Waals surface area contributed by atoms with E-state index < -0.39 is 53.4 Å². The van der Waals surface area contributed by atoms with E-state index in [0.29, 0.717) is 43.0 Å². The number of nitrogens with one attached hydrogen (secondary N) is 1. The molecule has 2 saturated heterocycles. The third-order valence-corrected chi connectivity index (χ3v) is 13.4. The number of piperidine rings is 2. The lowest BCUT2D eigenvalue weighted by Gasteiger charge is -2.50. The minimum absolute atomic E-state index is 0.0649. The van der Waals surface area contributed by atoms with Crippen LogP contribution in [0.2, 0.25) is 0 Å². The molecule has 358 valence electrons. The molecule has 2 aromatic heterocycles. The number of fused-ring (bicyclic) bond motifs is 2. The van der Waals surface area contributed by atoms with Gasteiger partial charge in [-0.3, -0.25) is 42.5 Å². The number of Topliss-reactive ketones (excluding diaryl/α,β-unsaturated/α-hetero) is 1. The van der Waals surface area contributed by atoms with Gasteiger partial charge >= 0.3 is 11.4 Å². The van der Waals surface area contributed by atoms with E-state index in [-0.39, 0.29) is 60.3 Å². The predicted octanol–water partition coefficient (Wildman–Crippen LogP) is 2.13. The fourth-order valence-electron chi connectivity index (χ4n) is 10.2. The number of rotatable bonds is 13. The minimum Gasteiger partial charge on any atom is -0.372 e. The number of carbonyl (C=O) groups excluding carboxylic acids is 1. The molecule has 4 aliphatic heterocycles. The molecule has 20 heteroatoms. The van der Waals surface area contributed by atoms with Crippen molar-refractivity contribution in [2.45, 2.75) is 97.2 Å². The summed E-state index contributed by atoms with van der Waals surface area (Å²) in [5.74, 6) is -0.0816. The Morgan fingerprint density at radius 2 is 1.41 bits per heavy atom. The van der Waals surface area contributed by atoms with Gasteiger partial charge in [0.25, 0.3) is 11.1 Å². The van der Waals surface area contributed by atoms with Crippen LogP contribution in [0, 0.1) is 22.7 Å². The summed E-state index contributed by atoms with van der Waals surface area (Å²) in [4.78, 5) is 82.8. The number of benzene rings is 2. The van der Waals surface area contributed by atoms with Gasteiger partial charge in [-0.15, -0.1) is 0 Å². The lowest BCUT2D eigenvalue weighted by molar-refractivity contribution is 0.0969. The topological polar surface area (TPSA) is 236 Å². The Kier molecular flexibility index (Phi) is 13.5. The Labute approximate surface area is 394 Å². The van der Waals surface area contributed by atoms with Gasteiger partial charge in [0.05, 0.1) is 24.2 Å². The van der Waals surface area contributed by atoms with Crippen LogP contribution >= 0.6 is 0 Å². The van der Waals surface area contributed by atoms with E-state index in [0.717, 1.165) is 40.4 Å². The Hall–Kier alpha value is -6.97. The van der Waals surface area contributed by atoms with Crippen molar-refractivity contribution in [3.63, 3.8) is 0 Å². The molecule has 68 heavy (non-hydrogen) atoms. The summed E-state index contributed by atoms with van der Waals surface area (Å²) in [7, 11) is 3.01. The van der Waals surface area contributed by atoms with Crippen LogP contribution in [0.15, 0.2) is 79.4 Å². The Bertz CT molecular complexity index is 2970. The number of likely N-dealkylation sites (tertiary alicyclic amines) is 2. The van der Waals surface area contributed by atoms with E-state index in [1.165, 1.54) is 11.6 Å². The molecule has 20 nitrogen and oxygen atoms in total. The van der Waals surface area contributed by atoms with E-state index in [1.807, 2.05) is 71.8 Å². The van der Waals surface area contributed by atoms with Crippen molar-refractivity contribution < 1.29 is 4.79 Å². The van der Waals surface area contributed by atoms with Crippen molar-refractivity contribution in [1.29, 1.82) is 10.5 Å². The van der Waals surface area contributed by atoms with Crippen LogP contribution in [0.3, 0.4) is 0 Å². The zero-order valence-corrected chi connectivity index (χ0v) is 39.6. The molecule has 0 saturated carbocycles. The second kappa shape index (κ2) is 19.3. The van der Waals surface area contributed by atoms with Crippen LogP contribution in [0.1, 0.15) is 80.9 Å². The number of anilines is 5. The highest BCUT2D eigenvalue weighted by Crippen LogP contribution is 2.48. The number of nitriles is 2. The van der Waals surface area contributed by atoms with Crippen LogP contribution in [0.25, 0.3) is 0 Å². The van der Waals surface area contributed by atoms with Crippen molar-refractivity contribution in [2.24, 2.45) is 25.6 Å². The van der Waals surface area contributed by atoms with Crippen LogP contribution < -0.4 is 59.1 Å². The summed E-state index contributed by atoms with van der Waals surface area (Å²) in [5.41, 5.74) is 13.9. The molecule has 0 aliphatic carbocycles. The van der Waals surface area contributed by atoms with Crippen LogP contribution in [0.5, 0.6) is 0 Å². The molecule has 4 aromatic rings. The summed E-state index contributed by atoms with van der Waals surface area (Å²) in [6.45, 7) is 9.13. The zero-order chi connectivity index (χ0) is 48.7. The Balaban J connectivity index is 1.45. The van der Waals surface area contributed by atoms with Crippen LogP contribution in [-0.4, -0.2) is 97.8 Å². The summed E-state index contributed by atoms with van der Waals surface area (Å²) in [5, 5.41) is 26.4. The minimum atomic E-state index is -0.892. The van der Waals surface area contributed by atoms with Crippen molar-refractivity contribution >= 4 is 34.5 Å². The summed E-state index contributed by atoms with van der Waals surface area (Å²) < 4.78 is 5.00. The quantitative estimate of drug-likeness (QED) is 0.0990. The maximum atomic E-state index is 15.6. The number of hydrogen-bond acceptors (Lipinski definition) is 16. The molecule has 4 aliphatic rings. The summed E-state index contributed by atoms with van der Waals surface area (Å²) in [6.07, 6.45) is 3.20. The molecule has 0 radical (unpaired) electrons. The molecule has 4 atom stereocenters. The summed E-state index contributed by atoms with van der Waals surface area (Å²) in [6, 6.07) is 17.2. The van der Waals surface area contributed by atoms with Crippen molar-refractivity contribution in [3.8, 4) is 12.1 Å². The van der Waals surface area contributed by atoms with Gasteiger partial charge in [0, 0.05) is 82.7 Å². The first-order valence-electron chi connectivity index (χ1n) is 23.2. The molecule has 4 unspecified atom stereocenters. The monoisotopic (exact) mass is 927 g/mol. The number of carbonyl (C=O) groups is 1. The van der Waals surface area contributed by atoms with E-state index in [4.69, 9.17) is 11.5 Å². The van der Waals surface area contributed by atoms with Gasteiger partial charge in [-0.05, 0) is 77.1 Å². The second-order valence-corrected chi connectivity index (χ2v) is 18.7. The molecule has 2 fully saturated rings. The molecule has 6 heterocycles. The standard InChI is InChI=1S/C48H61N15O5/c1-30(2)19-24-58-39-41(54(5)47(67)60(44(39)66)29-38(64)36-17-9-10-18-37(36)53-21-20-49)62(45(58)56-22-11-15-34(51)27-56)63-42-40(43(65)55(6)48(68)61(42)31(3)4)59(26-33-14-8-7-13-32(33)25-50)46(63)57-23-12-16-35(52)28-57/h7-10,13-14,17-19,31,34-35,45-46,53H,11-12,15-16,21-24,26-29,51-52H2,1-6H3. The highest BCUT2D eigenvalue weighted by molar-refractivity contribution is 6.01. The van der Waals surface area contributed by atoms with Crippen molar-refractivity contribution in [1.82, 2.24) is 28.1 Å². The molecule has 0 amide bonds. The Morgan fingerprint density at radius 1 is 0.809 bits per heavy atom. The van der Waals surface area contributed by atoms with Gasteiger partial charge in [0.15, 0.2) is 30.0 Å². The first-order chi connectivity index (χ1) is 32.6. The van der Waals surface area contributed by atoms with E-state index >= 15 is 14.4 Å². The number of hydrogen-bond donors (Lipinski definition) is 3. The third kappa shape index (κ3) is 8.38. The Morgan fingerprint density at radius 3 is 2.03 bits per heavy atom. The van der Waals surface area contributed by atoms with Crippen molar-refractivity contribution in [3.05, 3.63) is 119 Å². The zero-order valence-electron chi connectivity index (χ0n) is 39.6. The van der Waals surface area contributed by atoms with Crippen molar-refractivity contribution in [2.75, 3.05) is 64.4 Å². The number of ketones is 1. The highest BCUT2D eigenvalue weighted by atomic mass is 16.2. The SMILES string of the molecule is CC(C)=CCN1c2c(n(C)c(=O)n(CC(=O)c3ccccc3NCC#N)c2=O)N(N2c3c(c(=O)n(C)c(=O)n3C(C)C)N(Cc3ccccc3C#N)C2N2CCCC(N)C2)C1N1CCCC(N)C1. The molecule has 0 bridgehead atoms. The fourth-order valence-corrected chi connectivity index (χ4v) is 10.2. The second-order valence-electron chi connectivity index (χ2n) is 18.7. The molecular weight excluding hydrogens is 867 g/mol. The number of hydrazine groups is 1. The predicted molar refractivity (Wildman–Crippen MR) is 261 cm³/mol. The van der Waals surface area contributed by atoms with Gasteiger partial charge in [-0.25, -0.2) is 19.6 Å². The van der Waals surface area contributed by atoms with Gasteiger partial charge in [-0.1, -0.05) is 42.0 Å². The normalized spacial score (nSPS) is 20.6. The molecule has 5 N–H and O–H groups in total.